The van der Waals surface area contributed by atoms with Gasteiger partial charge in [-0.25, -0.2) is 4.98 Å². The van der Waals surface area contributed by atoms with Gasteiger partial charge in [0.15, 0.2) is 0 Å². The second kappa shape index (κ2) is 11.5. The first-order valence-corrected chi connectivity index (χ1v) is 13.5. The number of ether oxygens (including phenoxy) is 1. The van der Waals surface area contributed by atoms with Crippen LogP contribution >= 0.6 is 0 Å². The minimum atomic E-state index is -0.714. The molecule has 0 amide bonds. The highest BCUT2D eigenvalue weighted by atomic mass is 16.5. The van der Waals surface area contributed by atoms with Crippen LogP contribution in [-0.4, -0.2) is 60.4 Å². The van der Waals surface area contributed by atoms with Crippen LogP contribution in [-0.2, 0) is 22.4 Å². The van der Waals surface area contributed by atoms with E-state index in [9.17, 15) is 9.90 Å². The summed E-state index contributed by atoms with van der Waals surface area (Å²) < 4.78 is 5.53. The molecule has 3 aliphatic heterocycles. The Morgan fingerprint density at radius 3 is 2.94 bits per heavy atom. The first kappa shape index (κ1) is 24.3. The smallest absolute Gasteiger partial charge is 0.304 e. The summed E-state index contributed by atoms with van der Waals surface area (Å²) in [5, 5.41) is 13.1. The van der Waals surface area contributed by atoms with Crippen molar-refractivity contribution in [3.05, 3.63) is 58.8 Å². The van der Waals surface area contributed by atoms with E-state index in [1.165, 1.54) is 35.2 Å². The van der Waals surface area contributed by atoms with Crippen LogP contribution in [0.15, 0.2) is 36.4 Å². The lowest BCUT2D eigenvalue weighted by molar-refractivity contribution is -0.137. The third-order valence-corrected chi connectivity index (χ3v) is 8.10. The van der Waals surface area contributed by atoms with E-state index in [0.717, 1.165) is 77.3 Å². The molecule has 0 radical (unpaired) electrons. The lowest BCUT2D eigenvalue weighted by atomic mass is 9.87. The highest BCUT2D eigenvalue weighted by Gasteiger charge is 2.27. The number of hydrogen-bond acceptors (Lipinski definition) is 5. The van der Waals surface area contributed by atoms with Gasteiger partial charge in [0.25, 0.3) is 0 Å². The van der Waals surface area contributed by atoms with Crippen molar-refractivity contribution in [2.75, 3.05) is 44.7 Å². The summed E-state index contributed by atoms with van der Waals surface area (Å²) in [5.74, 6) is 1.58. The molecule has 188 valence electrons. The molecule has 0 aliphatic carbocycles. The van der Waals surface area contributed by atoms with Gasteiger partial charge >= 0.3 is 5.97 Å². The molecule has 0 bridgehead atoms. The van der Waals surface area contributed by atoms with Crippen molar-refractivity contribution in [3.8, 4) is 0 Å². The summed E-state index contributed by atoms with van der Waals surface area (Å²) in [6.45, 7) is 5.59. The SMILES string of the molecule is O=C(O)C[C@H](CN1CC[C@@H](CCc2ccc3c(n2)NCCC3)C1)c1cccc(C2CCOCC2)c1. The fourth-order valence-corrected chi connectivity index (χ4v) is 6.08. The van der Waals surface area contributed by atoms with E-state index in [0.29, 0.717) is 11.8 Å². The van der Waals surface area contributed by atoms with Crippen molar-refractivity contribution in [2.24, 2.45) is 5.92 Å². The Morgan fingerprint density at radius 2 is 2.09 bits per heavy atom. The molecular formula is C29H39N3O3. The molecule has 2 N–H and O–H groups in total. The van der Waals surface area contributed by atoms with Crippen molar-refractivity contribution in [3.63, 3.8) is 0 Å². The molecule has 2 aromatic rings. The molecule has 6 nitrogen and oxygen atoms in total. The average Bonchev–Trinajstić information content (AvgIpc) is 3.34. The van der Waals surface area contributed by atoms with E-state index in [-0.39, 0.29) is 12.3 Å². The number of carboxylic acid groups (broad SMARTS) is 1. The number of benzene rings is 1. The molecule has 0 unspecified atom stereocenters. The Hall–Kier alpha value is -2.44. The van der Waals surface area contributed by atoms with Gasteiger partial charge in [-0.2, -0.15) is 0 Å². The largest absolute Gasteiger partial charge is 0.481 e. The third kappa shape index (κ3) is 6.42. The first-order valence-electron chi connectivity index (χ1n) is 13.5. The van der Waals surface area contributed by atoms with E-state index in [1.54, 1.807) is 0 Å². The highest BCUT2D eigenvalue weighted by molar-refractivity contribution is 5.68. The summed E-state index contributed by atoms with van der Waals surface area (Å²) in [4.78, 5) is 19.1. The van der Waals surface area contributed by atoms with Crippen LogP contribution in [0.1, 0.15) is 72.7 Å². The normalized spacial score (nSPS) is 21.9. The van der Waals surface area contributed by atoms with E-state index in [1.807, 2.05) is 0 Å². The minimum absolute atomic E-state index is 0.0272. The molecule has 4 heterocycles. The lowest BCUT2D eigenvalue weighted by Gasteiger charge is -2.26. The van der Waals surface area contributed by atoms with Crippen LogP contribution < -0.4 is 5.32 Å². The molecule has 35 heavy (non-hydrogen) atoms. The number of likely N-dealkylation sites (tertiary alicyclic amines) is 1. The number of aliphatic carboxylic acids is 1. The van der Waals surface area contributed by atoms with Gasteiger partial charge < -0.3 is 20.1 Å². The van der Waals surface area contributed by atoms with E-state index >= 15 is 0 Å². The van der Waals surface area contributed by atoms with Gasteiger partial charge in [-0.3, -0.25) is 4.79 Å². The molecule has 2 fully saturated rings. The molecule has 2 saturated heterocycles. The molecule has 0 spiro atoms. The van der Waals surface area contributed by atoms with Gasteiger partial charge in [-0.05, 0) is 86.1 Å². The number of carbonyl (C=O) groups is 1. The topological polar surface area (TPSA) is 74.7 Å². The van der Waals surface area contributed by atoms with Crippen LogP contribution in [0.25, 0.3) is 0 Å². The fraction of sp³-hybridized carbons (Fsp3) is 0.586. The fourth-order valence-electron chi connectivity index (χ4n) is 6.08. The number of carboxylic acids is 1. The zero-order chi connectivity index (χ0) is 24.0. The van der Waals surface area contributed by atoms with Crippen molar-refractivity contribution in [1.82, 2.24) is 9.88 Å². The number of fused-ring (bicyclic) bond motifs is 1. The van der Waals surface area contributed by atoms with Crippen molar-refractivity contribution in [2.45, 2.75) is 63.2 Å². The molecule has 2 atom stereocenters. The molecule has 0 saturated carbocycles. The molecular weight excluding hydrogens is 438 g/mol. The molecule has 3 aliphatic rings. The molecule has 5 rings (SSSR count). The standard InChI is InChI=1S/C29H39N3O3/c33-28(34)18-26(25-4-1-3-24(17-25)22-11-15-35-16-12-22)20-32-14-10-21(19-32)6-8-27-9-7-23-5-2-13-30-29(23)31-27/h1,3-4,7,9,17,21-22,26H,2,5-6,8,10-16,18-20H2,(H,30,31)(H,33,34)/t21-,26-/m1/s1. The van der Waals surface area contributed by atoms with Crippen molar-refractivity contribution >= 4 is 11.8 Å². The number of nitrogens with one attached hydrogen (secondary N) is 1. The highest BCUT2D eigenvalue weighted by Crippen LogP contribution is 2.32. The number of pyridine rings is 1. The zero-order valence-electron chi connectivity index (χ0n) is 20.8. The summed E-state index contributed by atoms with van der Waals surface area (Å²) >= 11 is 0. The van der Waals surface area contributed by atoms with Gasteiger partial charge in [-0.15, -0.1) is 0 Å². The predicted molar refractivity (Wildman–Crippen MR) is 138 cm³/mol. The van der Waals surface area contributed by atoms with Crippen molar-refractivity contribution < 1.29 is 14.6 Å². The van der Waals surface area contributed by atoms with E-state index in [2.05, 4.69) is 46.6 Å². The monoisotopic (exact) mass is 477 g/mol. The number of nitrogens with zero attached hydrogens (tertiary/aromatic N) is 2. The third-order valence-electron chi connectivity index (χ3n) is 8.10. The number of aryl methyl sites for hydroxylation is 2. The zero-order valence-corrected chi connectivity index (χ0v) is 20.8. The van der Waals surface area contributed by atoms with Gasteiger partial charge in [0, 0.05) is 44.5 Å². The Balaban J connectivity index is 1.17. The minimum Gasteiger partial charge on any atom is -0.481 e. The second-order valence-electron chi connectivity index (χ2n) is 10.6. The van der Waals surface area contributed by atoms with Gasteiger partial charge in [0.1, 0.15) is 5.82 Å². The van der Waals surface area contributed by atoms with Gasteiger partial charge in [0.05, 0.1) is 6.42 Å². The molecule has 1 aromatic heterocycles. The second-order valence-corrected chi connectivity index (χ2v) is 10.6. The Labute approximate surface area is 209 Å². The summed E-state index contributed by atoms with van der Waals surface area (Å²) in [5.41, 5.74) is 5.04. The summed E-state index contributed by atoms with van der Waals surface area (Å²) in [7, 11) is 0. The van der Waals surface area contributed by atoms with E-state index in [4.69, 9.17) is 9.72 Å². The lowest BCUT2D eigenvalue weighted by Crippen LogP contribution is -2.28. The summed E-state index contributed by atoms with van der Waals surface area (Å²) in [6, 6.07) is 13.2. The maximum Gasteiger partial charge on any atom is 0.304 e. The first-order chi connectivity index (χ1) is 17.1. The van der Waals surface area contributed by atoms with Crippen LogP contribution in [0.4, 0.5) is 5.82 Å². The number of rotatable bonds is 9. The number of hydrogen-bond donors (Lipinski definition) is 2. The Morgan fingerprint density at radius 1 is 1.20 bits per heavy atom. The van der Waals surface area contributed by atoms with Crippen LogP contribution in [0.5, 0.6) is 0 Å². The maximum atomic E-state index is 11.7. The van der Waals surface area contributed by atoms with E-state index < -0.39 is 5.97 Å². The Kier molecular flexibility index (Phi) is 7.99. The Bertz CT molecular complexity index is 1000. The molecule has 6 heteroatoms. The van der Waals surface area contributed by atoms with Crippen molar-refractivity contribution in [1.29, 1.82) is 0 Å². The van der Waals surface area contributed by atoms with Crippen LogP contribution in [0, 0.1) is 5.92 Å². The number of aromatic nitrogens is 1. The van der Waals surface area contributed by atoms with Crippen LogP contribution in [0.3, 0.4) is 0 Å². The number of anilines is 1. The quantitative estimate of drug-likeness (QED) is 0.538. The summed E-state index contributed by atoms with van der Waals surface area (Å²) in [6.07, 6.45) is 7.95. The van der Waals surface area contributed by atoms with Gasteiger partial charge in [0.2, 0.25) is 0 Å². The average molecular weight is 478 g/mol. The molecule has 1 aromatic carbocycles. The maximum absolute atomic E-state index is 11.7. The predicted octanol–water partition coefficient (Wildman–Crippen LogP) is 4.85. The van der Waals surface area contributed by atoms with Crippen LogP contribution in [0.2, 0.25) is 0 Å². The van der Waals surface area contributed by atoms with Gasteiger partial charge in [-0.1, -0.05) is 30.3 Å².